The van der Waals surface area contributed by atoms with Crippen LogP contribution in [-0.2, 0) is 6.54 Å². The molecule has 0 aliphatic carbocycles. The van der Waals surface area contributed by atoms with Gasteiger partial charge in [0.2, 0.25) is 0 Å². The molecule has 2 N–H and O–H groups in total. The van der Waals surface area contributed by atoms with Crippen LogP contribution >= 0.6 is 0 Å². The van der Waals surface area contributed by atoms with Gasteiger partial charge < -0.3 is 5.32 Å². The maximum absolute atomic E-state index is 4.24. The topological polar surface area (TPSA) is 53.6 Å². The lowest BCUT2D eigenvalue weighted by Crippen LogP contribution is -2.01. The summed E-state index contributed by atoms with van der Waals surface area (Å²) in [7, 11) is 0. The zero-order chi connectivity index (χ0) is 13.8. The molecule has 0 fully saturated rings. The van der Waals surface area contributed by atoms with Crippen molar-refractivity contribution in [3.05, 3.63) is 65.9 Å². The summed E-state index contributed by atoms with van der Waals surface area (Å²) in [5, 5.41) is 14.6. The highest BCUT2D eigenvalue weighted by atomic mass is 15.3. The summed E-state index contributed by atoms with van der Waals surface area (Å²) in [4.78, 5) is 0. The van der Waals surface area contributed by atoms with Crippen molar-refractivity contribution in [2.24, 2.45) is 0 Å². The fraction of sp³-hybridized carbons (Fsp3) is 0.125. The van der Waals surface area contributed by atoms with Crippen LogP contribution in [0.5, 0.6) is 0 Å². The second-order valence-electron chi connectivity index (χ2n) is 4.71. The van der Waals surface area contributed by atoms with Crippen molar-refractivity contribution in [1.82, 2.24) is 15.4 Å². The maximum atomic E-state index is 4.24. The van der Waals surface area contributed by atoms with E-state index in [2.05, 4.69) is 45.9 Å². The highest BCUT2D eigenvalue weighted by molar-refractivity contribution is 5.61. The van der Waals surface area contributed by atoms with Crippen molar-refractivity contribution in [2.75, 3.05) is 5.32 Å². The van der Waals surface area contributed by atoms with Gasteiger partial charge in [0.1, 0.15) is 11.4 Å². The van der Waals surface area contributed by atoms with Crippen molar-refractivity contribution in [3.63, 3.8) is 0 Å². The number of benzene rings is 2. The normalized spacial score (nSPS) is 10.4. The molecule has 0 aliphatic heterocycles. The lowest BCUT2D eigenvalue weighted by molar-refractivity contribution is 0.911. The van der Waals surface area contributed by atoms with Gasteiger partial charge in [-0.1, -0.05) is 42.5 Å². The summed E-state index contributed by atoms with van der Waals surface area (Å²) in [5.41, 5.74) is 5.20. The fourth-order valence-electron chi connectivity index (χ4n) is 2.14. The zero-order valence-electron chi connectivity index (χ0n) is 11.3. The van der Waals surface area contributed by atoms with Gasteiger partial charge >= 0.3 is 0 Å². The van der Waals surface area contributed by atoms with Crippen LogP contribution in [0, 0.1) is 6.92 Å². The number of aromatic nitrogens is 3. The van der Waals surface area contributed by atoms with Crippen LogP contribution in [0.2, 0.25) is 0 Å². The molecule has 3 aromatic rings. The molecule has 0 atom stereocenters. The minimum atomic E-state index is 0.643. The van der Waals surface area contributed by atoms with Gasteiger partial charge in [-0.3, -0.25) is 0 Å². The Morgan fingerprint density at radius 3 is 2.65 bits per heavy atom. The second kappa shape index (κ2) is 5.57. The third-order valence-corrected chi connectivity index (χ3v) is 3.15. The van der Waals surface area contributed by atoms with Gasteiger partial charge in [-0.2, -0.15) is 15.4 Å². The number of H-pyrrole nitrogens is 1. The predicted molar refractivity (Wildman–Crippen MR) is 80.3 cm³/mol. The third kappa shape index (κ3) is 2.69. The second-order valence-corrected chi connectivity index (χ2v) is 4.71. The number of nitrogens with one attached hydrogen (secondary N) is 2. The van der Waals surface area contributed by atoms with Gasteiger partial charge in [0.25, 0.3) is 0 Å². The molecule has 0 saturated carbocycles. The van der Waals surface area contributed by atoms with Crippen LogP contribution < -0.4 is 5.32 Å². The SMILES string of the molecule is Cc1cccc(NCc2n[nH]nc2-c2ccccc2)c1. The van der Waals surface area contributed by atoms with Crippen molar-refractivity contribution in [2.45, 2.75) is 13.5 Å². The molecule has 3 rings (SSSR count). The van der Waals surface area contributed by atoms with Crippen molar-refractivity contribution in [1.29, 1.82) is 0 Å². The van der Waals surface area contributed by atoms with E-state index in [4.69, 9.17) is 0 Å². The Kier molecular flexibility index (Phi) is 3.46. The molecule has 2 aromatic carbocycles. The Bertz CT molecular complexity index is 688. The minimum Gasteiger partial charge on any atom is -0.379 e. The van der Waals surface area contributed by atoms with Crippen LogP contribution in [0.4, 0.5) is 5.69 Å². The fourth-order valence-corrected chi connectivity index (χ4v) is 2.14. The first-order valence-electron chi connectivity index (χ1n) is 6.58. The quantitative estimate of drug-likeness (QED) is 0.759. The molecule has 0 saturated heterocycles. The molecule has 0 radical (unpaired) electrons. The minimum absolute atomic E-state index is 0.643. The Balaban J connectivity index is 1.78. The first-order chi connectivity index (χ1) is 9.83. The number of anilines is 1. The molecular formula is C16H16N4. The highest BCUT2D eigenvalue weighted by Gasteiger charge is 2.09. The number of aromatic amines is 1. The van der Waals surface area contributed by atoms with Gasteiger partial charge in [-0.05, 0) is 24.6 Å². The Labute approximate surface area is 117 Å². The number of nitrogens with zero attached hydrogens (tertiary/aromatic N) is 2. The molecule has 4 heteroatoms. The van der Waals surface area contributed by atoms with E-state index in [1.807, 2.05) is 36.4 Å². The first-order valence-corrected chi connectivity index (χ1v) is 6.58. The van der Waals surface area contributed by atoms with Gasteiger partial charge in [0, 0.05) is 11.3 Å². The molecule has 0 bridgehead atoms. The van der Waals surface area contributed by atoms with Crippen molar-refractivity contribution < 1.29 is 0 Å². The van der Waals surface area contributed by atoms with E-state index in [1.165, 1.54) is 5.56 Å². The molecule has 1 aromatic heterocycles. The molecule has 0 spiro atoms. The van der Waals surface area contributed by atoms with Gasteiger partial charge in [-0.25, -0.2) is 0 Å². The van der Waals surface area contributed by atoms with Crippen LogP contribution in [-0.4, -0.2) is 15.4 Å². The standard InChI is InChI=1S/C16H16N4/c1-12-6-5-9-14(10-12)17-11-15-16(19-20-18-15)13-7-3-2-4-8-13/h2-10,17H,11H2,1H3,(H,18,19,20). The van der Waals surface area contributed by atoms with E-state index in [0.717, 1.165) is 22.6 Å². The van der Waals surface area contributed by atoms with Crippen LogP contribution in [0.3, 0.4) is 0 Å². The summed E-state index contributed by atoms with van der Waals surface area (Å²) in [6.07, 6.45) is 0. The molecular weight excluding hydrogens is 248 g/mol. The number of rotatable bonds is 4. The van der Waals surface area contributed by atoms with Crippen LogP contribution in [0.15, 0.2) is 54.6 Å². The average molecular weight is 264 g/mol. The largest absolute Gasteiger partial charge is 0.379 e. The van der Waals surface area contributed by atoms with Gasteiger partial charge in [-0.15, -0.1) is 0 Å². The molecule has 0 aliphatic rings. The lowest BCUT2D eigenvalue weighted by Gasteiger charge is -2.06. The summed E-state index contributed by atoms with van der Waals surface area (Å²) >= 11 is 0. The summed E-state index contributed by atoms with van der Waals surface area (Å²) in [6.45, 7) is 2.72. The Morgan fingerprint density at radius 1 is 1.00 bits per heavy atom. The van der Waals surface area contributed by atoms with Crippen LogP contribution in [0.1, 0.15) is 11.3 Å². The van der Waals surface area contributed by atoms with Crippen molar-refractivity contribution in [3.8, 4) is 11.3 Å². The predicted octanol–water partition coefficient (Wildman–Crippen LogP) is 3.39. The average Bonchev–Trinajstić information content (AvgIpc) is 2.95. The molecule has 1 heterocycles. The molecule has 0 unspecified atom stereocenters. The molecule has 100 valence electrons. The number of hydrogen-bond acceptors (Lipinski definition) is 3. The van der Waals surface area contributed by atoms with E-state index < -0.39 is 0 Å². The summed E-state index contributed by atoms with van der Waals surface area (Å²) in [5.74, 6) is 0. The summed E-state index contributed by atoms with van der Waals surface area (Å²) in [6, 6.07) is 18.4. The van der Waals surface area contributed by atoms with Gasteiger partial charge in [0.15, 0.2) is 0 Å². The first kappa shape index (κ1) is 12.4. The van der Waals surface area contributed by atoms with E-state index in [1.54, 1.807) is 0 Å². The Morgan fingerprint density at radius 2 is 1.85 bits per heavy atom. The number of hydrogen-bond donors (Lipinski definition) is 2. The molecule has 20 heavy (non-hydrogen) atoms. The highest BCUT2D eigenvalue weighted by Crippen LogP contribution is 2.20. The van der Waals surface area contributed by atoms with Gasteiger partial charge in [0.05, 0.1) is 6.54 Å². The molecule has 0 amide bonds. The van der Waals surface area contributed by atoms with E-state index >= 15 is 0 Å². The third-order valence-electron chi connectivity index (χ3n) is 3.15. The number of aryl methyl sites for hydroxylation is 1. The van der Waals surface area contributed by atoms with E-state index in [9.17, 15) is 0 Å². The smallest absolute Gasteiger partial charge is 0.117 e. The lowest BCUT2D eigenvalue weighted by atomic mass is 10.1. The summed E-state index contributed by atoms with van der Waals surface area (Å²) < 4.78 is 0. The van der Waals surface area contributed by atoms with E-state index in [-0.39, 0.29) is 0 Å². The monoisotopic (exact) mass is 264 g/mol. The van der Waals surface area contributed by atoms with Crippen molar-refractivity contribution >= 4 is 5.69 Å². The zero-order valence-corrected chi connectivity index (χ0v) is 11.3. The van der Waals surface area contributed by atoms with E-state index in [0.29, 0.717) is 6.54 Å². The maximum Gasteiger partial charge on any atom is 0.117 e. The van der Waals surface area contributed by atoms with Crippen LogP contribution in [0.25, 0.3) is 11.3 Å². The molecule has 4 nitrogen and oxygen atoms in total. The Hall–Kier alpha value is -2.62.